The van der Waals surface area contributed by atoms with E-state index in [1.807, 2.05) is 45.0 Å². The van der Waals surface area contributed by atoms with Gasteiger partial charge in [0.1, 0.15) is 0 Å². The van der Waals surface area contributed by atoms with Crippen molar-refractivity contribution in [3.05, 3.63) is 40.6 Å². The zero-order valence-electron chi connectivity index (χ0n) is 17.0. The number of rotatable bonds is 5. The van der Waals surface area contributed by atoms with E-state index in [1.54, 1.807) is 4.57 Å². The van der Waals surface area contributed by atoms with Crippen LogP contribution in [0.2, 0.25) is 0 Å². The van der Waals surface area contributed by atoms with Crippen molar-refractivity contribution in [3.63, 3.8) is 0 Å². The third-order valence-electron chi connectivity index (χ3n) is 5.87. The lowest BCUT2D eigenvalue weighted by atomic mass is 9.92. The maximum absolute atomic E-state index is 12.9. The van der Waals surface area contributed by atoms with Crippen LogP contribution in [0.15, 0.2) is 33.6 Å². The summed E-state index contributed by atoms with van der Waals surface area (Å²) in [6.07, 6.45) is 1.77. The number of benzene rings is 1. The van der Waals surface area contributed by atoms with Crippen molar-refractivity contribution in [2.45, 2.75) is 51.6 Å². The van der Waals surface area contributed by atoms with Gasteiger partial charge in [-0.3, -0.25) is 9.47 Å². The molecule has 0 bridgehead atoms. The number of nitrogens with zero attached hydrogens (tertiary/aromatic N) is 5. The summed E-state index contributed by atoms with van der Waals surface area (Å²) in [5, 5.41) is 13.7. The molecule has 1 N–H and O–H groups in total. The molecule has 0 spiro atoms. The molecule has 0 amide bonds. The largest absolute Gasteiger partial charge is 0.394 e. The first-order valence-corrected chi connectivity index (χ1v) is 9.86. The van der Waals surface area contributed by atoms with Gasteiger partial charge in [0.25, 0.3) is 5.95 Å². The first kappa shape index (κ1) is 21.5. The molecule has 29 heavy (non-hydrogen) atoms. The number of hydrogen-bond donors (Lipinski definition) is 1. The molecule has 0 aliphatic carbocycles. The summed E-state index contributed by atoms with van der Waals surface area (Å²) in [6, 6.07) is 7.64. The number of hydrogen-bond acceptors (Lipinski definition) is 6. The predicted octanol–water partition coefficient (Wildman–Crippen LogP) is 2.57. The van der Waals surface area contributed by atoms with Gasteiger partial charge in [-0.1, -0.05) is 12.1 Å². The molecule has 1 aromatic carbocycles. The summed E-state index contributed by atoms with van der Waals surface area (Å²) in [6.45, 7) is 8.49. The number of fused-ring (bicyclic) bond motifs is 1. The first-order valence-electron chi connectivity index (χ1n) is 9.86. The summed E-state index contributed by atoms with van der Waals surface area (Å²) in [7, 11) is 0. The van der Waals surface area contributed by atoms with E-state index in [4.69, 9.17) is 4.52 Å². The van der Waals surface area contributed by atoms with Crippen LogP contribution < -0.4 is 5.69 Å². The van der Waals surface area contributed by atoms with Crippen LogP contribution >= 0.6 is 12.4 Å². The molecule has 2 aromatic heterocycles. The number of piperidine rings is 1. The first-order chi connectivity index (χ1) is 13.5. The number of aryl methyl sites for hydroxylation is 1. The summed E-state index contributed by atoms with van der Waals surface area (Å²) in [5.41, 5.74) is 1.26. The zero-order chi connectivity index (χ0) is 19.9. The Hall–Kier alpha value is -2.16. The van der Waals surface area contributed by atoms with Crippen LogP contribution in [0.4, 0.5) is 0 Å². The van der Waals surface area contributed by atoms with E-state index in [0.29, 0.717) is 18.4 Å². The second-order valence-corrected chi connectivity index (χ2v) is 8.02. The topological polar surface area (TPSA) is 89.3 Å². The quantitative estimate of drug-likeness (QED) is 0.681. The Morgan fingerprint density at radius 3 is 2.48 bits per heavy atom. The summed E-state index contributed by atoms with van der Waals surface area (Å²) < 4.78 is 8.79. The van der Waals surface area contributed by atoms with E-state index >= 15 is 0 Å². The SMILES string of the molecule is CCn1c(=O)n(-c2noc(C3CCN(C(C)(C)CO)CC3)n2)c2ccccc21.Cl. The van der Waals surface area contributed by atoms with E-state index < -0.39 is 0 Å². The van der Waals surface area contributed by atoms with Crippen molar-refractivity contribution in [1.29, 1.82) is 0 Å². The van der Waals surface area contributed by atoms with E-state index in [0.717, 1.165) is 37.0 Å². The van der Waals surface area contributed by atoms with Crippen LogP contribution in [0.3, 0.4) is 0 Å². The van der Waals surface area contributed by atoms with Crippen LogP contribution in [0, 0.1) is 0 Å². The molecule has 0 atom stereocenters. The molecule has 1 aliphatic rings. The summed E-state index contributed by atoms with van der Waals surface area (Å²) in [4.78, 5) is 19.7. The second kappa shape index (κ2) is 8.30. The van der Waals surface area contributed by atoms with Crippen LogP contribution in [-0.4, -0.2) is 54.5 Å². The Morgan fingerprint density at radius 2 is 1.86 bits per heavy atom. The van der Waals surface area contributed by atoms with Crippen molar-refractivity contribution in [2.75, 3.05) is 19.7 Å². The van der Waals surface area contributed by atoms with Gasteiger partial charge in [-0.2, -0.15) is 4.98 Å². The highest BCUT2D eigenvalue weighted by molar-refractivity contribution is 5.85. The Kier molecular flexibility index (Phi) is 6.16. The number of imidazole rings is 1. The van der Waals surface area contributed by atoms with Gasteiger partial charge in [0.2, 0.25) is 5.89 Å². The molecule has 1 fully saturated rings. The van der Waals surface area contributed by atoms with E-state index in [-0.39, 0.29) is 36.2 Å². The minimum Gasteiger partial charge on any atom is -0.394 e. The van der Waals surface area contributed by atoms with Gasteiger partial charge in [-0.25, -0.2) is 9.36 Å². The number of aromatic nitrogens is 4. The van der Waals surface area contributed by atoms with Gasteiger partial charge in [0.05, 0.1) is 17.6 Å². The lowest BCUT2D eigenvalue weighted by Gasteiger charge is -2.41. The number of para-hydroxylation sites is 2. The third kappa shape index (κ3) is 3.72. The molecular formula is C20H28ClN5O3. The van der Waals surface area contributed by atoms with Crippen molar-refractivity contribution in [1.82, 2.24) is 24.2 Å². The fourth-order valence-electron chi connectivity index (χ4n) is 4.02. The van der Waals surface area contributed by atoms with Crippen LogP contribution in [0.1, 0.15) is 45.4 Å². The van der Waals surface area contributed by atoms with Crippen LogP contribution in [0.25, 0.3) is 17.0 Å². The molecule has 9 heteroatoms. The van der Waals surface area contributed by atoms with E-state index in [9.17, 15) is 9.90 Å². The zero-order valence-corrected chi connectivity index (χ0v) is 17.9. The Labute approximate surface area is 175 Å². The lowest BCUT2D eigenvalue weighted by molar-refractivity contribution is 0.0352. The van der Waals surface area contributed by atoms with Crippen LogP contribution in [0.5, 0.6) is 0 Å². The Balaban J connectivity index is 0.00000240. The fraction of sp³-hybridized carbons (Fsp3) is 0.550. The van der Waals surface area contributed by atoms with Crippen molar-refractivity contribution in [2.24, 2.45) is 0 Å². The van der Waals surface area contributed by atoms with Crippen LogP contribution in [-0.2, 0) is 6.54 Å². The third-order valence-corrected chi connectivity index (χ3v) is 5.87. The molecule has 0 radical (unpaired) electrons. The molecule has 4 rings (SSSR count). The predicted molar refractivity (Wildman–Crippen MR) is 113 cm³/mol. The average Bonchev–Trinajstić information content (AvgIpc) is 3.29. The normalized spacial score (nSPS) is 16.3. The van der Waals surface area contributed by atoms with Crippen molar-refractivity contribution < 1.29 is 9.63 Å². The second-order valence-electron chi connectivity index (χ2n) is 8.02. The molecule has 0 unspecified atom stereocenters. The average molecular weight is 422 g/mol. The highest BCUT2D eigenvalue weighted by Gasteiger charge is 2.32. The minimum atomic E-state index is -0.222. The Bertz CT molecular complexity index is 1030. The van der Waals surface area contributed by atoms with Gasteiger partial charge < -0.3 is 9.63 Å². The standard InChI is InChI=1S/C20H27N5O3.ClH/c1-4-24-15-7-5-6-8-16(15)25(19(24)27)18-21-17(28-22-18)14-9-11-23(12-10-14)20(2,3)13-26;/h5-8,14,26H,4,9-13H2,1-3H3;1H. The van der Waals surface area contributed by atoms with Gasteiger partial charge in [-0.15, -0.1) is 12.4 Å². The van der Waals surface area contributed by atoms with Gasteiger partial charge in [0.15, 0.2) is 0 Å². The number of halogens is 1. The molecule has 3 aromatic rings. The van der Waals surface area contributed by atoms with E-state index in [2.05, 4.69) is 15.0 Å². The van der Waals surface area contributed by atoms with Gasteiger partial charge in [0, 0.05) is 18.0 Å². The number of likely N-dealkylation sites (tertiary alicyclic amines) is 1. The maximum Gasteiger partial charge on any atom is 0.336 e. The Morgan fingerprint density at radius 1 is 1.21 bits per heavy atom. The number of aliphatic hydroxyl groups excluding tert-OH is 1. The maximum atomic E-state index is 12.9. The van der Waals surface area contributed by atoms with E-state index in [1.165, 1.54) is 4.57 Å². The molecule has 1 saturated heterocycles. The molecular weight excluding hydrogens is 394 g/mol. The molecule has 3 heterocycles. The molecule has 8 nitrogen and oxygen atoms in total. The highest BCUT2D eigenvalue weighted by atomic mass is 35.5. The minimum absolute atomic E-state index is 0. The highest BCUT2D eigenvalue weighted by Crippen LogP contribution is 2.30. The molecule has 1 aliphatic heterocycles. The lowest BCUT2D eigenvalue weighted by Crippen LogP contribution is -2.50. The molecule has 0 saturated carbocycles. The summed E-state index contributed by atoms with van der Waals surface area (Å²) in [5.74, 6) is 1.04. The van der Waals surface area contributed by atoms with Gasteiger partial charge in [-0.05, 0) is 64.0 Å². The monoisotopic (exact) mass is 421 g/mol. The number of aliphatic hydroxyl groups is 1. The van der Waals surface area contributed by atoms with Crippen molar-refractivity contribution in [3.8, 4) is 5.95 Å². The fourth-order valence-corrected chi connectivity index (χ4v) is 4.02. The van der Waals surface area contributed by atoms with Gasteiger partial charge >= 0.3 is 5.69 Å². The van der Waals surface area contributed by atoms with Crippen molar-refractivity contribution >= 4 is 23.4 Å². The summed E-state index contributed by atoms with van der Waals surface area (Å²) >= 11 is 0. The smallest absolute Gasteiger partial charge is 0.336 e. The molecule has 158 valence electrons.